The standard InChI is InChI=1S/C23H21NO4/c1-4-28-23(26)18-13(2)24-21-14-9-5-6-10-15(14)22(25)20(21)19(18)16-11-7-8-12-17(16)27-3/h5-12,19,24H,4H2,1-3H3/t19-/m1/s1. The monoisotopic (exact) mass is 375 g/mol. The summed E-state index contributed by atoms with van der Waals surface area (Å²) in [6, 6.07) is 15.0. The number of para-hydroxylation sites is 1. The van der Waals surface area contributed by atoms with E-state index in [4.69, 9.17) is 9.47 Å². The van der Waals surface area contributed by atoms with Gasteiger partial charge in [0.2, 0.25) is 0 Å². The van der Waals surface area contributed by atoms with Gasteiger partial charge in [0.25, 0.3) is 0 Å². The molecular weight excluding hydrogens is 354 g/mol. The summed E-state index contributed by atoms with van der Waals surface area (Å²) in [6.45, 7) is 3.86. The van der Waals surface area contributed by atoms with Crippen molar-refractivity contribution >= 4 is 17.4 Å². The highest BCUT2D eigenvalue weighted by Crippen LogP contribution is 2.48. The molecule has 1 heterocycles. The normalized spacial score (nSPS) is 17.8. The van der Waals surface area contributed by atoms with E-state index < -0.39 is 11.9 Å². The second-order valence-corrected chi connectivity index (χ2v) is 6.72. The Morgan fingerprint density at radius 3 is 2.46 bits per heavy atom. The van der Waals surface area contributed by atoms with Gasteiger partial charge in [-0.15, -0.1) is 0 Å². The van der Waals surface area contributed by atoms with Gasteiger partial charge in [0, 0.05) is 28.0 Å². The van der Waals surface area contributed by atoms with Gasteiger partial charge < -0.3 is 14.8 Å². The van der Waals surface area contributed by atoms with Gasteiger partial charge in [0.15, 0.2) is 5.78 Å². The fourth-order valence-electron chi connectivity index (χ4n) is 4.02. The van der Waals surface area contributed by atoms with Crippen molar-refractivity contribution in [1.82, 2.24) is 5.32 Å². The molecule has 2 aromatic carbocycles. The number of esters is 1. The highest BCUT2D eigenvalue weighted by atomic mass is 16.5. The third-order valence-corrected chi connectivity index (χ3v) is 5.19. The molecule has 142 valence electrons. The maximum absolute atomic E-state index is 13.3. The molecule has 1 N–H and O–H groups in total. The van der Waals surface area contributed by atoms with Gasteiger partial charge in [-0.1, -0.05) is 42.5 Å². The van der Waals surface area contributed by atoms with E-state index in [2.05, 4.69) is 5.32 Å². The van der Waals surface area contributed by atoms with Gasteiger partial charge in [-0.25, -0.2) is 4.79 Å². The topological polar surface area (TPSA) is 64.6 Å². The Hall–Kier alpha value is -3.34. The van der Waals surface area contributed by atoms with Crippen LogP contribution < -0.4 is 10.1 Å². The highest BCUT2D eigenvalue weighted by molar-refractivity contribution is 6.23. The number of carbonyl (C=O) groups is 2. The van der Waals surface area contributed by atoms with Crippen LogP contribution in [-0.2, 0) is 9.53 Å². The summed E-state index contributed by atoms with van der Waals surface area (Å²) in [5.74, 6) is -0.451. The third kappa shape index (κ3) is 2.62. The van der Waals surface area contributed by atoms with Crippen LogP contribution in [0.3, 0.4) is 0 Å². The number of hydrogen-bond donors (Lipinski definition) is 1. The maximum Gasteiger partial charge on any atom is 0.336 e. The van der Waals surface area contributed by atoms with Crippen molar-refractivity contribution in [3.63, 3.8) is 0 Å². The molecule has 0 amide bonds. The Labute approximate surface area is 163 Å². The Balaban J connectivity index is 1.96. The minimum atomic E-state index is -0.564. The number of fused-ring (bicyclic) bond motifs is 2. The number of dihydropyridines is 1. The summed E-state index contributed by atoms with van der Waals surface area (Å²) in [6.07, 6.45) is 0. The van der Waals surface area contributed by atoms with Gasteiger partial charge in [0.05, 0.1) is 30.9 Å². The second kappa shape index (κ2) is 7.00. The van der Waals surface area contributed by atoms with Crippen molar-refractivity contribution in [2.24, 2.45) is 0 Å². The van der Waals surface area contributed by atoms with Crippen LogP contribution in [0, 0.1) is 0 Å². The summed E-state index contributed by atoms with van der Waals surface area (Å²) in [7, 11) is 1.58. The Kier molecular flexibility index (Phi) is 4.51. The van der Waals surface area contributed by atoms with Gasteiger partial charge in [-0.2, -0.15) is 0 Å². The van der Waals surface area contributed by atoms with Gasteiger partial charge >= 0.3 is 5.97 Å². The Morgan fingerprint density at radius 2 is 1.75 bits per heavy atom. The van der Waals surface area contributed by atoms with Crippen LogP contribution in [0.1, 0.15) is 41.3 Å². The van der Waals surface area contributed by atoms with Crippen LogP contribution in [0.4, 0.5) is 0 Å². The minimum Gasteiger partial charge on any atom is -0.496 e. The first-order chi connectivity index (χ1) is 13.6. The number of nitrogens with one attached hydrogen (secondary N) is 1. The number of rotatable bonds is 4. The summed E-state index contributed by atoms with van der Waals surface area (Å²) in [5.41, 5.74) is 4.68. The van der Waals surface area contributed by atoms with Crippen LogP contribution in [0.2, 0.25) is 0 Å². The van der Waals surface area contributed by atoms with Crippen LogP contribution >= 0.6 is 0 Å². The predicted molar refractivity (Wildman–Crippen MR) is 106 cm³/mol. The molecule has 5 heteroatoms. The zero-order valence-electron chi connectivity index (χ0n) is 16.0. The van der Waals surface area contributed by atoms with E-state index in [-0.39, 0.29) is 12.4 Å². The molecule has 0 fully saturated rings. The quantitative estimate of drug-likeness (QED) is 0.823. The number of benzene rings is 2. The lowest BCUT2D eigenvalue weighted by atomic mass is 9.79. The van der Waals surface area contributed by atoms with E-state index in [0.29, 0.717) is 28.2 Å². The average Bonchev–Trinajstić information content (AvgIpc) is 2.99. The number of ether oxygens (including phenoxy) is 2. The van der Waals surface area contributed by atoms with Crippen molar-refractivity contribution in [3.05, 3.63) is 82.1 Å². The molecule has 0 saturated heterocycles. The number of methoxy groups -OCH3 is 1. The molecule has 0 bridgehead atoms. The molecule has 0 radical (unpaired) electrons. The first-order valence-corrected chi connectivity index (χ1v) is 9.24. The van der Waals surface area contributed by atoms with Crippen LogP contribution in [0.25, 0.3) is 5.70 Å². The SMILES string of the molecule is CCOC(=O)C1=C(C)NC2=C(C(=O)c3ccccc32)[C@@H]1c1ccccc1OC. The van der Waals surface area contributed by atoms with Crippen molar-refractivity contribution in [2.45, 2.75) is 19.8 Å². The number of allylic oxidation sites excluding steroid dienone is 2. The number of ketones is 1. The van der Waals surface area contributed by atoms with Crippen LogP contribution in [0.15, 0.2) is 65.4 Å². The second-order valence-electron chi connectivity index (χ2n) is 6.72. The summed E-state index contributed by atoms with van der Waals surface area (Å²) in [4.78, 5) is 26.2. The molecule has 0 spiro atoms. The molecule has 1 aliphatic heterocycles. The van der Waals surface area contributed by atoms with E-state index >= 15 is 0 Å². The zero-order chi connectivity index (χ0) is 19.8. The fraction of sp³-hybridized carbons (Fsp3) is 0.217. The zero-order valence-corrected chi connectivity index (χ0v) is 16.0. The third-order valence-electron chi connectivity index (χ3n) is 5.19. The molecule has 0 aromatic heterocycles. The van der Waals surface area contributed by atoms with Crippen LogP contribution in [0.5, 0.6) is 5.75 Å². The number of carbonyl (C=O) groups excluding carboxylic acids is 2. The van der Waals surface area contributed by atoms with E-state index in [1.807, 2.05) is 55.5 Å². The number of hydrogen-bond acceptors (Lipinski definition) is 5. The minimum absolute atomic E-state index is 0.0803. The molecule has 1 atom stereocenters. The highest BCUT2D eigenvalue weighted by Gasteiger charge is 2.43. The summed E-state index contributed by atoms with van der Waals surface area (Å²) >= 11 is 0. The Morgan fingerprint density at radius 1 is 1.07 bits per heavy atom. The smallest absolute Gasteiger partial charge is 0.336 e. The first kappa shape index (κ1) is 18.0. The van der Waals surface area contributed by atoms with E-state index in [1.165, 1.54) is 0 Å². The molecule has 2 aliphatic rings. The van der Waals surface area contributed by atoms with Gasteiger partial charge in [-0.3, -0.25) is 4.79 Å². The van der Waals surface area contributed by atoms with Gasteiger partial charge in [-0.05, 0) is 19.9 Å². The number of Topliss-reactive ketones (excluding diaryl/α,β-unsaturated/α-hetero) is 1. The summed E-state index contributed by atoms with van der Waals surface area (Å²) in [5, 5.41) is 3.29. The van der Waals surface area contributed by atoms with E-state index in [1.54, 1.807) is 14.0 Å². The molecule has 0 unspecified atom stereocenters. The molecule has 5 nitrogen and oxygen atoms in total. The molecular formula is C23H21NO4. The molecule has 0 saturated carbocycles. The van der Waals surface area contributed by atoms with Crippen molar-refractivity contribution in [3.8, 4) is 5.75 Å². The lowest BCUT2D eigenvalue weighted by molar-refractivity contribution is -0.138. The fourth-order valence-corrected chi connectivity index (χ4v) is 4.02. The van der Waals surface area contributed by atoms with Crippen molar-refractivity contribution in [1.29, 1.82) is 0 Å². The molecule has 1 aliphatic carbocycles. The maximum atomic E-state index is 13.3. The lowest BCUT2D eigenvalue weighted by Gasteiger charge is -2.30. The molecule has 28 heavy (non-hydrogen) atoms. The lowest BCUT2D eigenvalue weighted by Crippen LogP contribution is -2.29. The largest absolute Gasteiger partial charge is 0.496 e. The van der Waals surface area contributed by atoms with Gasteiger partial charge in [0.1, 0.15) is 5.75 Å². The Bertz CT molecular complexity index is 1050. The first-order valence-electron chi connectivity index (χ1n) is 9.24. The van der Waals surface area contributed by atoms with E-state index in [9.17, 15) is 9.59 Å². The van der Waals surface area contributed by atoms with E-state index in [0.717, 1.165) is 16.8 Å². The summed E-state index contributed by atoms with van der Waals surface area (Å²) < 4.78 is 10.9. The van der Waals surface area contributed by atoms with Crippen LogP contribution in [-0.4, -0.2) is 25.5 Å². The predicted octanol–water partition coefficient (Wildman–Crippen LogP) is 3.83. The van der Waals surface area contributed by atoms with Crippen molar-refractivity contribution in [2.75, 3.05) is 13.7 Å². The van der Waals surface area contributed by atoms with Crippen molar-refractivity contribution < 1.29 is 19.1 Å². The average molecular weight is 375 g/mol. The molecule has 4 rings (SSSR count). The molecule has 2 aromatic rings.